The quantitative estimate of drug-likeness (QED) is 0.696. The third-order valence-corrected chi connectivity index (χ3v) is 4.42. The van der Waals surface area contributed by atoms with E-state index in [0.717, 1.165) is 37.1 Å². The van der Waals surface area contributed by atoms with Gasteiger partial charge in [0.2, 0.25) is 17.6 Å². The zero-order valence-corrected chi connectivity index (χ0v) is 14.7. The number of fused-ring (bicyclic) bond motifs is 1. The molecule has 0 saturated heterocycles. The van der Waals surface area contributed by atoms with Crippen LogP contribution in [0.3, 0.4) is 0 Å². The lowest BCUT2D eigenvalue weighted by Crippen LogP contribution is -2.33. The minimum absolute atomic E-state index is 0.0826. The molecule has 0 spiro atoms. The Morgan fingerprint density at radius 2 is 2.07 bits per heavy atom. The first-order valence-electron chi connectivity index (χ1n) is 8.87. The molecule has 10 nitrogen and oxygen atoms in total. The molecule has 27 heavy (non-hydrogen) atoms. The Balaban J connectivity index is 1.37. The molecule has 1 amide bonds. The van der Waals surface area contributed by atoms with Gasteiger partial charge >= 0.3 is 5.69 Å². The number of carbonyl (C=O) groups is 1. The highest BCUT2D eigenvalue weighted by molar-refractivity contribution is 5.75. The van der Waals surface area contributed by atoms with Crippen LogP contribution in [0, 0.1) is 0 Å². The molecule has 0 bridgehead atoms. The molecule has 3 aromatic heterocycles. The molecule has 0 fully saturated rings. The number of pyridine rings is 1. The summed E-state index contributed by atoms with van der Waals surface area (Å²) in [6.07, 6.45) is 7.11. The van der Waals surface area contributed by atoms with E-state index in [1.807, 2.05) is 0 Å². The molecule has 140 valence electrons. The molecule has 0 unspecified atom stereocenters. The van der Waals surface area contributed by atoms with Crippen molar-refractivity contribution in [2.75, 3.05) is 0 Å². The average Bonchev–Trinajstić information content (AvgIpc) is 3.19. The van der Waals surface area contributed by atoms with E-state index in [-0.39, 0.29) is 30.6 Å². The third kappa shape index (κ3) is 3.78. The number of rotatable bonds is 5. The lowest BCUT2D eigenvalue weighted by atomic mass is 10.2. The van der Waals surface area contributed by atoms with Crippen LogP contribution in [0.2, 0.25) is 0 Å². The van der Waals surface area contributed by atoms with Crippen molar-refractivity contribution in [1.29, 1.82) is 0 Å². The summed E-state index contributed by atoms with van der Waals surface area (Å²) in [5, 5.41) is 10.9. The molecule has 0 atom stereocenters. The highest BCUT2D eigenvalue weighted by Crippen LogP contribution is 2.13. The van der Waals surface area contributed by atoms with Crippen molar-refractivity contribution in [2.45, 2.75) is 45.3 Å². The topological polar surface area (TPSA) is 121 Å². The van der Waals surface area contributed by atoms with Gasteiger partial charge in [-0.25, -0.2) is 9.48 Å². The van der Waals surface area contributed by atoms with Crippen LogP contribution in [-0.4, -0.2) is 35.4 Å². The maximum Gasteiger partial charge on any atom is 0.346 e. The van der Waals surface area contributed by atoms with Crippen molar-refractivity contribution in [3.8, 4) is 11.4 Å². The van der Waals surface area contributed by atoms with Gasteiger partial charge in [-0.05, 0) is 25.0 Å². The molecule has 1 aliphatic rings. The Hall–Kier alpha value is -3.30. The Morgan fingerprint density at radius 3 is 2.93 bits per heavy atom. The van der Waals surface area contributed by atoms with Crippen molar-refractivity contribution in [2.24, 2.45) is 0 Å². The normalized spacial score (nSPS) is 13.8. The van der Waals surface area contributed by atoms with E-state index in [2.05, 4.69) is 25.5 Å². The fourth-order valence-electron chi connectivity index (χ4n) is 3.04. The van der Waals surface area contributed by atoms with E-state index in [0.29, 0.717) is 12.4 Å². The van der Waals surface area contributed by atoms with Crippen LogP contribution in [0.4, 0.5) is 0 Å². The lowest BCUT2D eigenvalue weighted by Gasteiger charge is -2.01. The van der Waals surface area contributed by atoms with Gasteiger partial charge in [0.15, 0.2) is 0 Å². The predicted molar refractivity (Wildman–Crippen MR) is 93.4 cm³/mol. The summed E-state index contributed by atoms with van der Waals surface area (Å²) in [6, 6.07) is 3.53. The fraction of sp³-hybridized carbons (Fsp3) is 0.412. The minimum Gasteiger partial charge on any atom is -0.345 e. The van der Waals surface area contributed by atoms with Crippen LogP contribution in [-0.2, 0) is 30.8 Å². The molecule has 4 heterocycles. The second kappa shape index (κ2) is 7.52. The summed E-state index contributed by atoms with van der Waals surface area (Å²) in [6.45, 7) is 0.610. The number of carbonyl (C=O) groups excluding carboxylic acids is 1. The fourth-order valence-corrected chi connectivity index (χ4v) is 3.04. The first kappa shape index (κ1) is 17.1. The highest BCUT2D eigenvalue weighted by Gasteiger charge is 2.17. The van der Waals surface area contributed by atoms with Gasteiger partial charge in [0.1, 0.15) is 12.4 Å². The van der Waals surface area contributed by atoms with Gasteiger partial charge in [-0.3, -0.25) is 14.3 Å². The van der Waals surface area contributed by atoms with Crippen LogP contribution in [0.15, 0.2) is 33.8 Å². The number of hydrogen-bond donors (Lipinski definition) is 1. The van der Waals surface area contributed by atoms with Gasteiger partial charge in [-0.15, -0.1) is 0 Å². The predicted octanol–water partition coefficient (Wildman–Crippen LogP) is 0.533. The molecule has 1 aliphatic heterocycles. The van der Waals surface area contributed by atoms with Crippen LogP contribution < -0.4 is 11.0 Å². The van der Waals surface area contributed by atoms with Crippen LogP contribution >= 0.6 is 0 Å². The standard InChI is InChI=1S/C17H19N7O3/c25-14(11-24-17(26)23-9-3-1-2-4-13(23)21-24)19-10-15-20-16(22-27-15)12-5-7-18-8-6-12/h5-8H,1-4,9-11H2,(H,19,25). The average molecular weight is 369 g/mol. The maximum absolute atomic E-state index is 12.4. The minimum atomic E-state index is -0.339. The molecule has 10 heteroatoms. The molecular weight excluding hydrogens is 350 g/mol. The zero-order chi connectivity index (χ0) is 18.6. The van der Waals surface area contributed by atoms with E-state index in [1.54, 1.807) is 29.1 Å². The number of aryl methyl sites for hydroxylation is 1. The molecule has 0 aliphatic carbocycles. The second-order valence-electron chi connectivity index (χ2n) is 6.34. The van der Waals surface area contributed by atoms with Gasteiger partial charge < -0.3 is 9.84 Å². The Morgan fingerprint density at radius 1 is 1.22 bits per heavy atom. The van der Waals surface area contributed by atoms with Gasteiger partial charge in [0, 0.05) is 30.9 Å². The van der Waals surface area contributed by atoms with E-state index in [4.69, 9.17) is 4.52 Å². The molecule has 4 rings (SSSR count). The van der Waals surface area contributed by atoms with E-state index in [1.165, 1.54) is 4.68 Å². The summed E-state index contributed by atoms with van der Waals surface area (Å²) in [7, 11) is 0. The van der Waals surface area contributed by atoms with Gasteiger partial charge in [-0.2, -0.15) is 10.1 Å². The Labute approximate surface area is 154 Å². The maximum atomic E-state index is 12.4. The van der Waals surface area contributed by atoms with Crippen LogP contribution in [0.1, 0.15) is 31.0 Å². The second-order valence-corrected chi connectivity index (χ2v) is 6.34. The largest absolute Gasteiger partial charge is 0.346 e. The number of amides is 1. The Kier molecular flexibility index (Phi) is 4.77. The van der Waals surface area contributed by atoms with Crippen molar-refractivity contribution in [3.05, 3.63) is 46.7 Å². The van der Waals surface area contributed by atoms with Crippen LogP contribution in [0.5, 0.6) is 0 Å². The SMILES string of the molecule is O=C(Cn1nc2n(c1=O)CCCCC2)NCc1nc(-c2ccncc2)no1. The lowest BCUT2D eigenvalue weighted by molar-refractivity contribution is -0.122. The van der Waals surface area contributed by atoms with Gasteiger partial charge in [0.05, 0.1) is 6.54 Å². The summed E-state index contributed by atoms with van der Waals surface area (Å²) < 4.78 is 8.02. The number of hydrogen-bond acceptors (Lipinski definition) is 7. The monoisotopic (exact) mass is 369 g/mol. The Bertz CT molecular complexity index is 990. The first-order valence-corrected chi connectivity index (χ1v) is 8.87. The number of nitrogens with one attached hydrogen (secondary N) is 1. The van der Waals surface area contributed by atoms with Crippen molar-refractivity contribution < 1.29 is 9.32 Å². The molecule has 0 radical (unpaired) electrons. The van der Waals surface area contributed by atoms with Crippen molar-refractivity contribution in [3.63, 3.8) is 0 Å². The third-order valence-electron chi connectivity index (χ3n) is 4.42. The number of aromatic nitrogens is 6. The van der Waals surface area contributed by atoms with Gasteiger partial charge in [0.25, 0.3) is 0 Å². The first-order chi connectivity index (χ1) is 13.2. The highest BCUT2D eigenvalue weighted by atomic mass is 16.5. The molecule has 0 aromatic carbocycles. The van der Waals surface area contributed by atoms with E-state index >= 15 is 0 Å². The van der Waals surface area contributed by atoms with E-state index in [9.17, 15) is 9.59 Å². The van der Waals surface area contributed by atoms with Crippen molar-refractivity contribution >= 4 is 5.91 Å². The van der Waals surface area contributed by atoms with Gasteiger partial charge in [-0.1, -0.05) is 11.6 Å². The zero-order valence-electron chi connectivity index (χ0n) is 14.7. The summed E-state index contributed by atoms with van der Waals surface area (Å²) in [5.74, 6) is 1.12. The summed E-state index contributed by atoms with van der Waals surface area (Å²) in [5.41, 5.74) is 0.539. The van der Waals surface area contributed by atoms with Crippen molar-refractivity contribution in [1.82, 2.24) is 34.8 Å². The van der Waals surface area contributed by atoms with Crippen LogP contribution in [0.25, 0.3) is 11.4 Å². The number of nitrogens with zero attached hydrogens (tertiary/aromatic N) is 6. The molecule has 1 N–H and O–H groups in total. The summed E-state index contributed by atoms with van der Waals surface area (Å²) in [4.78, 5) is 32.7. The molecule has 0 saturated carbocycles. The molecule has 3 aromatic rings. The molecular formula is C17H19N7O3. The van der Waals surface area contributed by atoms with E-state index < -0.39 is 0 Å². The smallest absolute Gasteiger partial charge is 0.345 e. The summed E-state index contributed by atoms with van der Waals surface area (Å²) >= 11 is 0.